The first kappa shape index (κ1) is 7.09. The van der Waals surface area contributed by atoms with Crippen molar-refractivity contribution in [3.8, 4) is 0 Å². The first-order chi connectivity index (χ1) is 5.77. The molecular weight excluding hydrogens is 152 g/mol. The fourth-order valence-corrected chi connectivity index (χ4v) is 1.04. The molecule has 0 saturated heterocycles. The number of hydrogen-bond acceptors (Lipinski definition) is 3. The van der Waals surface area contributed by atoms with Gasteiger partial charge in [-0.05, 0) is 12.1 Å². The quantitative estimate of drug-likeness (QED) is 0.621. The second kappa shape index (κ2) is 2.48. The lowest BCUT2D eigenvalue weighted by atomic mass is 10.5. The Hall–Kier alpha value is -1.58. The van der Waals surface area contributed by atoms with Crippen LogP contribution in [0.5, 0.6) is 0 Å². The number of nitrogens with zero attached hydrogens (tertiary/aromatic N) is 4. The van der Waals surface area contributed by atoms with Gasteiger partial charge in [0.25, 0.3) is 0 Å². The number of aromatic nitrogens is 3. The lowest BCUT2D eigenvalue weighted by Gasteiger charge is -2.09. The lowest BCUT2D eigenvalue weighted by Crippen LogP contribution is -2.11. The van der Waals surface area contributed by atoms with Gasteiger partial charge in [-0.25, -0.2) is 9.50 Å². The Balaban J connectivity index is 2.60. The van der Waals surface area contributed by atoms with Gasteiger partial charge in [0.15, 0.2) is 5.65 Å². The van der Waals surface area contributed by atoms with Crippen molar-refractivity contribution < 1.29 is 0 Å². The summed E-state index contributed by atoms with van der Waals surface area (Å²) in [6.07, 6.45) is 3.57. The van der Waals surface area contributed by atoms with E-state index in [2.05, 4.69) is 10.1 Å². The zero-order valence-corrected chi connectivity index (χ0v) is 7.10. The van der Waals surface area contributed by atoms with E-state index in [1.54, 1.807) is 10.7 Å². The highest BCUT2D eigenvalue weighted by Gasteiger charge is 1.98. The molecule has 0 amide bonds. The molecule has 4 nitrogen and oxygen atoms in total. The molecule has 0 aromatic carbocycles. The molecule has 12 heavy (non-hydrogen) atoms. The van der Waals surface area contributed by atoms with Crippen molar-refractivity contribution in [2.24, 2.45) is 0 Å². The maximum Gasteiger partial charge on any atom is 0.153 e. The van der Waals surface area contributed by atoms with Gasteiger partial charge in [-0.2, -0.15) is 0 Å². The molecule has 2 aromatic heterocycles. The Kier molecular flexibility index (Phi) is 1.46. The Morgan fingerprint density at radius 1 is 1.33 bits per heavy atom. The molecule has 0 N–H and O–H groups in total. The largest absolute Gasteiger partial charge is 0.361 e. The molecule has 0 radical (unpaired) electrons. The van der Waals surface area contributed by atoms with Crippen LogP contribution in [0, 0.1) is 0 Å². The molecule has 2 heterocycles. The Morgan fingerprint density at radius 3 is 2.92 bits per heavy atom. The van der Waals surface area contributed by atoms with Crippen molar-refractivity contribution in [3.05, 3.63) is 24.5 Å². The van der Waals surface area contributed by atoms with E-state index in [0.717, 1.165) is 11.5 Å². The van der Waals surface area contributed by atoms with Crippen LogP contribution in [0.1, 0.15) is 0 Å². The Bertz CT molecular complexity index is 391. The molecule has 0 spiro atoms. The second-order valence-corrected chi connectivity index (χ2v) is 2.82. The molecule has 62 valence electrons. The highest BCUT2D eigenvalue weighted by molar-refractivity contribution is 5.44. The standard InChI is InChI=1S/C8H10N4/c1-11(2)8-4-3-7-9-5-6-12(7)10-8/h3-6H,1-2H3. The molecule has 4 heteroatoms. The summed E-state index contributed by atoms with van der Waals surface area (Å²) in [5.41, 5.74) is 0.876. The fraction of sp³-hybridized carbons (Fsp3) is 0.250. The first-order valence-electron chi connectivity index (χ1n) is 3.75. The smallest absolute Gasteiger partial charge is 0.153 e. The van der Waals surface area contributed by atoms with Crippen molar-refractivity contribution in [3.63, 3.8) is 0 Å². The Morgan fingerprint density at radius 2 is 2.17 bits per heavy atom. The molecule has 0 aliphatic rings. The maximum atomic E-state index is 4.31. The van der Waals surface area contributed by atoms with Gasteiger partial charge in [-0.15, -0.1) is 5.10 Å². The predicted octanol–water partition coefficient (Wildman–Crippen LogP) is 0.795. The molecular formula is C8H10N4. The highest BCUT2D eigenvalue weighted by atomic mass is 15.3. The van der Waals surface area contributed by atoms with E-state index in [-0.39, 0.29) is 0 Å². The average Bonchev–Trinajstić information content (AvgIpc) is 2.49. The van der Waals surface area contributed by atoms with Gasteiger partial charge < -0.3 is 4.90 Å². The summed E-state index contributed by atoms with van der Waals surface area (Å²) >= 11 is 0. The number of hydrogen-bond donors (Lipinski definition) is 0. The molecule has 2 rings (SSSR count). The van der Waals surface area contributed by atoms with Crippen LogP contribution < -0.4 is 4.90 Å². The minimum absolute atomic E-state index is 0.876. The van der Waals surface area contributed by atoms with Gasteiger partial charge in [0.05, 0.1) is 0 Å². The number of rotatable bonds is 1. The van der Waals surface area contributed by atoms with E-state index < -0.39 is 0 Å². The average molecular weight is 162 g/mol. The SMILES string of the molecule is CN(C)c1ccc2nccn2n1. The van der Waals surface area contributed by atoms with Gasteiger partial charge in [0, 0.05) is 26.5 Å². The maximum absolute atomic E-state index is 4.31. The van der Waals surface area contributed by atoms with Gasteiger partial charge >= 0.3 is 0 Å². The van der Waals surface area contributed by atoms with E-state index in [1.807, 2.05) is 37.3 Å². The minimum Gasteiger partial charge on any atom is -0.361 e. The first-order valence-corrected chi connectivity index (χ1v) is 3.75. The van der Waals surface area contributed by atoms with Gasteiger partial charge in [-0.3, -0.25) is 0 Å². The molecule has 0 fully saturated rings. The summed E-state index contributed by atoms with van der Waals surface area (Å²) < 4.78 is 1.76. The van der Waals surface area contributed by atoms with Crippen LogP contribution in [-0.4, -0.2) is 28.7 Å². The lowest BCUT2D eigenvalue weighted by molar-refractivity contribution is 0.901. The van der Waals surface area contributed by atoms with Crippen molar-refractivity contribution in [1.82, 2.24) is 14.6 Å². The summed E-state index contributed by atoms with van der Waals surface area (Å²) in [5.74, 6) is 0.931. The van der Waals surface area contributed by atoms with Gasteiger partial charge in [0.2, 0.25) is 0 Å². The van der Waals surface area contributed by atoms with Crippen molar-refractivity contribution in [2.75, 3.05) is 19.0 Å². The third kappa shape index (κ3) is 1.01. The normalized spacial score (nSPS) is 10.5. The molecule has 2 aromatic rings. The highest BCUT2D eigenvalue weighted by Crippen LogP contribution is 2.07. The Labute approximate surface area is 70.4 Å². The summed E-state index contributed by atoms with van der Waals surface area (Å²) in [5, 5.41) is 4.31. The van der Waals surface area contributed by atoms with Crippen LogP contribution >= 0.6 is 0 Å². The van der Waals surface area contributed by atoms with Crippen molar-refractivity contribution in [2.45, 2.75) is 0 Å². The van der Waals surface area contributed by atoms with Crippen LogP contribution in [0.15, 0.2) is 24.5 Å². The van der Waals surface area contributed by atoms with E-state index in [4.69, 9.17) is 0 Å². The van der Waals surface area contributed by atoms with Crippen LogP contribution in [-0.2, 0) is 0 Å². The van der Waals surface area contributed by atoms with Gasteiger partial charge in [0.1, 0.15) is 5.82 Å². The predicted molar refractivity (Wildman–Crippen MR) is 47.3 cm³/mol. The van der Waals surface area contributed by atoms with Gasteiger partial charge in [-0.1, -0.05) is 0 Å². The topological polar surface area (TPSA) is 33.4 Å². The molecule has 0 saturated carbocycles. The summed E-state index contributed by atoms with van der Waals surface area (Å²) in [4.78, 5) is 6.06. The van der Waals surface area contributed by atoms with E-state index in [1.165, 1.54) is 0 Å². The van der Waals surface area contributed by atoms with Crippen LogP contribution in [0.2, 0.25) is 0 Å². The van der Waals surface area contributed by atoms with Crippen LogP contribution in [0.3, 0.4) is 0 Å². The number of anilines is 1. The fourth-order valence-electron chi connectivity index (χ4n) is 1.04. The molecule has 0 bridgehead atoms. The molecule has 0 aliphatic heterocycles. The van der Waals surface area contributed by atoms with Crippen molar-refractivity contribution in [1.29, 1.82) is 0 Å². The number of imidazole rings is 1. The second-order valence-electron chi connectivity index (χ2n) is 2.82. The van der Waals surface area contributed by atoms with E-state index in [0.29, 0.717) is 0 Å². The summed E-state index contributed by atoms with van der Waals surface area (Å²) in [6, 6.07) is 3.89. The third-order valence-corrected chi connectivity index (χ3v) is 1.70. The third-order valence-electron chi connectivity index (χ3n) is 1.70. The monoisotopic (exact) mass is 162 g/mol. The minimum atomic E-state index is 0.876. The van der Waals surface area contributed by atoms with E-state index >= 15 is 0 Å². The van der Waals surface area contributed by atoms with E-state index in [9.17, 15) is 0 Å². The van der Waals surface area contributed by atoms with Crippen LogP contribution in [0.25, 0.3) is 5.65 Å². The molecule has 0 atom stereocenters. The summed E-state index contributed by atoms with van der Waals surface area (Å²) in [6.45, 7) is 0. The molecule has 0 unspecified atom stereocenters. The number of fused-ring (bicyclic) bond motifs is 1. The molecule has 0 aliphatic carbocycles. The summed E-state index contributed by atoms with van der Waals surface area (Å²) in [7, 11) is 3.93. The van der Waals surface area contributed by atoms with Crippen molar-refractivity contribution >= 4 is 11.5 Å². The zero-order chi connectivity index (χ0) is 8.55. The zero-order valence-electron chi connectivity index (χ0n) is 7.10. The van der Waals surface area contributed by atoms with Crippen LogP contribution in [0.4, 0.5) is 5.82 Å².